The highest BCUT2D eigenvalue weighted by Gasteiger charge is 2.35. The van der Waals surface area contributed by atoms with Crippen LogP contribution in [0, 0.1) is 6.92 Å². The van der Waals surface area contributed by atoms with Crippen LogP contribution in [-0.2, 0) is 16.2 Å². The van der Waals surface area contributed by atoms with Gasteiger partial charge in [0.1, 0.15) is 12.4 Å². The summed E-state index contributed by atoms with van der Waals surface area (Å²) in [5, 5.41) is 1.43. The van der Waals surface area contributed by atoms with Crippen LogP contribution in [0.1, 0.15) is 11.1 Å². The number of alkyl halides is 3. The molecule has 168 valence electrons. The number of fused-ring (bicyclic) bond motifs is 1. The molecule has 0 saturated carbocycles. The fourth-order valence-electron chi connectivity index (χ4n) is 3.58. The van der Waals surface area contributed by atoms with Crippen LogP contribution >= 0.6 is 20.8 Å². The Bertz CT molecular complexity index is 1310. The van der Waals surface area contributed by atoms with Crippen molar-refractivity contribution in [2.75, 3.05) is 17.5 Å². The van der Waals surface area contributed by atoms with Crippen LogP contribution in [0.5, 0.6) is 5.75 Å². The van der Waals surface area contributed by atoms with Gasteiger partial charge in [-0.25, -0.2) is 8.42 Å². The molecule has 10 heteroatoms. The number of hydrogen-bond acceptors (Lipinski definition) is 3. The quantitative estimate of drug-likeness (QED) is 0.452. The monoisotopic (exact) mass is 499 g/mol. The van der Waals surface area contributed by atoms with Crippen LogP contribution in [-0.4, -0.2) is 21.6 Å². The molecule has 0 fully saturated rings. The van der Waals surface area contributed by atoms with Gasteiger partial charge in [-0.3, -0.25) is 4.31 Å². The Labute approximate surface area is 191 Å². The van der Waals surface area contributed by atoms with Crippen LogP contribution < -0.4 is 14.3 Å². The second kappa shape index (κ2) is 8.25. The average molecular weight is 500 g/mol. The fraction of sp³-hybridized carbons (Fsp3) is 0.182. The summed E-state index contributed by atoms with van der Waals surface area (Å²) in [6.07, 6.45) is -4.65. The summed E-state index contributed by atoms with van der Waals surface area (Å²) in [6.45, 7) is 1.91. The second-order valence-corrected chi connectivity index (χ2v) is 10.2. The lowest BCUT2D eigenvalue weighted by Crippen LogP contribution is -2.38. The summed E-state index contributed by atoms with van der Waals surface area (Å²) >= 11 is 6.49. The van der Waals surface area contributed by atoms with E-state index in [2.05, 4.69) is 9.24 Å². The largest absolute Gasteiger partial charge is 0.489 e. The number of ether oxygens (including phenoxy) is 1. The van der Waals surface area contributed by atoms with E-state index in [4.69, 9.17) is 16.3 Å². The van der Waals surface area contributed by atoms with Gasteiger partial charge in [0.15, 0.2) is 0 Å². The lowest BCUT2D eigenvalue weighted by atomic mass is 10.0. The van der Waals surface area contributed by atoms with Gasteiger partial charge in [0.25, 0.3) is 10.0 Å². The van der Waals surface area contributed by atoms with Gasteiger partial charge in [-0.1, -0.05) is 29.8 Å². The molecule has 0 aliphatic carbocycles. The Balaban J connectivity index is 1.83. The van der Waals surface area contributed by atoms with Crippen molar-refractivity contribution in [3.8, 4) is 16.9 Å². The molecule has 1 aliphatic heterocycles. The average Bonchev–Trinajstić information content (AvgIpc) is 2.75. The van der Waals surface area contributed by atoms with Gasteiger partial charge in [0.2, 0.25) is 0 Å². The number of halogens is 4. The number of sulfonamides is 1. The summed E-state index contributed by atoms with van der Waals surface area (Å²) in [7, 11) is -1.67. The lowest BCUT2D eigenvalue weighted by molar-refractivity contribution is -0.137. The summed E-state index contributed by atoms with van der Waals surface area (Å²) < 4.78 is 72.8. The smallest absolute Gasteiger partial charge is 0.416 e. The van der Waals surface area contributed by atoms with E-state index < -0.39 is 26.7 Å². The molecule has 4 nitrogen and oxygen atoms in total. The van der Waals surface area contributed by atoms with Crippen molar-refractivity contribution in [2.45, 2.75) is 18.0 Å². The number of aryl methyl sites for hydroxylation is 1. The minimum atomic E-state index is -4.65. The molecule has 1 aliphatic rings. The van der Waals surface area contributed by atoms with E-state index in [1.54, 1.807) is 18.2 Å². The zero-order chi connectivity index (χ0) is 23.3. The van der Waals surface area contributed by atoms with Crippen molar-refractivity contribution < 1.29 is 26.3 Å². The molecular weight excluding hydrogens is 482 g/mol. The third kappa shape index (κ3) is 4.19. The molecule has 0 N–H and O–H groups in total. The predicted octanol–water partition coefficient (Wildman–Crippen LogP) is 5.42. The summed E-state index contributed by atoms with van der Waals surface area (Å²) in [5.41, 5.74) is 1.45. The first-order chi connectivity index (χ1) is 15.0. The first kappa shape index (κ1) is 22.9. The van der Waals surface area contributed by atoms with E-state index in [0.29, 0.717) is 28.0 Å². The zero-order valence-corrected chi connectivity index (χ0v) is 19.5. The first-order valence-corrected chi connectivity index (χ1v) is 11.9. The minimum absolute atomic E-state index is 0.0362. The minimum Gasteiger partial charge on any atom is -0.489 e. The summed E-state index contributed by atoms with van der Waals surface area (Å²) in [4.78, 5) is -0.439. The van der Waals surface area contributed by atoms with Crippen LogP contribution in [0.3, 0.4) is 0 Å². The molecule has 1 heterocycles. The van der Waals surface area contributed by atoms with E-state index >= 15 is 0 Å². The maximum absolute atomic E-state index is 13.3. The molecule has 0 aromatic heterocycles. The standard InChI is InChI=1S/C22H18ClF3NO3PS/c1-13-9-16(31)12-18(21(13)23)14-5-6-20-19(10-14)27(7-8-30-20)32(28,29)17-4-2-3-15(11-17)22(24,25)26/h2-6,9-12H,7-8,31H2,1H3. The van der Waals surface area contributed by atoms with E-state index in [0.717, 1.165) is 33.4 Å². The molecule has 1 unspecified atom stereocenters. The molecule has 4 rings (SSSR count). The van der Waals surface area contributed by atoms with Gasteiger partial charge in [0.05, 0.1) is 27.7 Å². The molecule has 0 radical (unpaired) electrons. The van der Waals surface area contributed by atoms with Crippen molar-refractivity contribution in [3.05, 3.63) is 70.7 Å². The second-order valence-electron chi connectivity index (χ2n) is 7.33. The molecule has 3 aromatic carbocycles. The molecule has 0 saturated heterocycles. The number of anilines is 1. The van der Waals surface area contributed by atoms with Gasteiger partial charge in [-0.05, 0) is 59.8 Å². The van der Waals surface area contributed by atoms with Crippen LogP contribution in [0.2, 0.25) is 5.02 Å². The number of hydrogen-bond donors (Lipinski definition) is 0. The highest BCUT2D eigenvalue weighted by molar-refractivity contribution is 7.92. The molecule has 0 amide bonds. The van der Waals surface area contributed by atoms with Gasteiger partial charge in [0, 0.05) is 5.56 Å². The molecule has 0 spiro atoms. The summed E-state index contributed by atoms with van der Waals surface area (Å²) in [5.74, 6) is 0.324. The van der Waals surface area contributed by atoms with Gasteiger partial charge in [-0.15, -0.1) is 9.24 Å². The zero-order valence-electron chi connectivity index (χ0n) is 16.8. The number of nitrogens with zero attached hydrogens (tertiary/aromatic N) is 1. The van der Waals surface area contributed by atoms with Crippen molar-refractivity contribution in [3.63, 3.8) is 0 Å². The van der Waals surface area contributed by atoms with Crippen LogP contribution in [0.15, 0.2) is 59.5 Å². The molecule has 3 aromatic rings. The molecule has 32 heavy (non-hydrogen) atoms. The third-order valence-corrected chi connectivity index (χ3v) is 7.76. The Morgan fingerprint density at radius 2 is 1.84 bits per heavy atom. The van der Waals surface area contributed by atoms with Gasteiger partial charge < -0.3 is 4.74 Å². The van der Waals surface area contributed by atoms with Crippen molar-refractivity contribution in [1.82, 2.24) is 0 Å². The van der Waals surface area contributed by atoms with Crippen LogP contribution in [0.25, 0.3) is 11.1 Å². The highest BCUT2D eigenvalue weighted by atomic mass is 35.5. The number of rotatable bonds is 3. The maximum atomic E-state index is 13.3. The normalized spacial score (nSPS) is 14.1. The highest BCUT2D eigenvalue weighted by Crippen LogP contribution is 2.41. The van der Waals surface area contributed by atoms with Crippen molar-refractivity contribution in [1.29, 1.82) is 0 Å². The van der Waals surface area contributed by atoms with Crippen molar-refractivity contribution >= 4 is 41.9 Å². The molecule has 0 bridgehead atoms. The predicted molar refractivity (Wildman–Crippen MR) is 122 cm³/mol. The Morgan fingerprint density at radius 1 is 1.09 bits per heavy atom. The Morgan fingerprint density at radius 3 is 2.56 bits per heavy atom. The van der Waals surface area contributed by atoms with E-state index in [1.807, 2.05) is 19.1 Å². The topological polar surface area (TPSA) is 46.6 Å². The SMILES string of the molecule is Cc1cc(P)cc(-c2ccc3c(c2)N(S(=O)(=O)c2cccc(C(F)(F)F)c2)CCO3)c1Cl. The van der Waals surface area contributed by atoms with E-state index in [1.165, 1.54) is 0 Å². The number of benzene rings is 3. The van der Waals surface area contributed by atoms with Crippen LogP contribution in [0.4, 0.5) is 18.9 Å². The maximum Gasteiger partial charge on any atom is 0.416 e. The van der Waals surface area contributed by atoms with E-state index in [9.17, 15) is 21.6 Å². The van der Waals surface area contributed by atoms with Crippen molar-refractivity contribution in [2.24, 2.45) is 0 Å². The Hall–Kier alpha value is -2.28. The molecule has 1 atom stereocenters. The molecular formula is C22H18ClF3NO3PS. The fourth-order valence-corrected chi connectivity index (χ4v) is 5.71. The third-order valence-electron chi connectivity index (χ3n) is 5.12. The first-order valence-electron chi connectivity index (χ1n) is 9.51. The van der Waals surface area contributed by atoms with E-state index in [-0.39, 0.29) is 18.8 Å². The Kier molecular flexibility index (Phi) is 5.90. The van der Waals surface area contributed by atoms with Gasteiger partial charge in [-0.2, -0.15) is 13.2 Å². The summed E-state index contributed by atoms with van der Waals surface area (Å²) in [6, 6.07) is 12.5. The lowest BCUT2D eigenvalue weighted by Gasteiger charge is -2.31. The van der Waals surface area contributed by atoms with Gasteiger partial charge >= 0.3 is 6.18 Å².